The number of nitrogens with one attached hydrogen (secondary N) is 1. The highest BCUT2D eigenvalue weighted by Crippen LogP contribution is 1.98. The second kappa shape index (κ2) is 22.1. The number of hydrogen-bond donors (Lipinski definition) is 2. The van der Waals surface area contributed by atoms with E-state index in [0.717, 1.165) is 12.8 Å². The molecule has 0 radical (unpaired) electrons. The Kier molecular flexibility index (Phi) is 24.9. The maximum Gasteiger partial charge on any atom is 0.0430 e. The monoisotopic (exact) mass is 259 g/mol. The lowest BCUT2D eigenvalue weighted by Gasteiger charge is -2.03. The third-order valence-electron chi connectivity index (χ3n) is 2.93. The zero-order valence-electron chi connectivity index (χ0n) is 13.1. The van der Waals surface area contributed by atoms with Gasteiger partial charge in [-0.2, -0.15) is 0 Å². The smallest absolute Gasteiger partial charge is 0.0430 e. The van der Waals surface area contributed by atoms with Gasteiger partial charge in [0, 0.05) is 6.61 Å². The zero-order chi connectivity index (χ0) is 13.9. The van der Waals surface area contributed by atoms with Gasteiger partial charge < -0.3 is 10.4 Å². The van der Waals surface area contributed by atoms with Gasteiger partial charge in [-0.3, -0.25) is 0 Å². The Morgan fingerprint density at radius 3 is 1.33 bits per heavy atom. The second-order valence-electron chi connectivity index (χ2n) is 4.95. The standard InChI is InChI=1S/C12H27N.C4H10O/c1-3-5-7-9-11-13-12-10-8-6-4-2;1-2-3-4-5/h13H,3-12H2,1-2H3;5H,2-4H2,1H3. The van der Waals surface area contributed by atoms with Crippen LogP contribution in [-0.4, -0.2) is 24.8 Å². The quantitative estimate of drug-likeness (QED) is 0.505. The van der Waals surface area contributed by atoms with E-state index >= 15 is 0 Å². The summed E-state index contributed by atoms with van der Waals surface area (Å²) in [4.78, 5) is 0. The first-order chi connectivity index (χ1) is 8.83. The predicted molar refractivity (Wildman–Crippen MR) is 83.1 cm³/mol. The Balaban J connectivity index is 0. The van der Waals surface area contributed by atoms with Gasteiger partial charge >= 0.3 is 0 Å². The van der Waals surface area contributed by atoms with Crippen LogP contribution in [0, 0.1) is 0 Å². The van der Waals surface area contributed by atoms with Crippen LogP contribution in [-0.2, 0) is 0 Å². The molecule has 0 spiro atoms. The molecule has 0 fully saturated rings. The van der Waals surface area contributed by atoms with Gasteiger partial charge in [-0.1, -0.05) is 65.7 Å². The fourth-order valence-corrected chi connectivity index (χ4v) is 1.64. The maximum atomic E-state index is 8.07. The van der Waals surface area contributed by atoms with Gasteiger partial charge in [0.2, 0.25) is 0 Å². The van der Waals surface area contributed by atoms with Crippen LogP contribution in [0.2, 0.25) is 0 Å². The molecule has 0 aromatic carbocycles. The summed E-state index contributed by atoms with van der Waals surface area (Å²) in [5.41, 5.74) is 0. The van der Waals surface area contributed by atoms with Crippen molar-refractivity contribution in [2.45, 2.75) is 85.0 Å². The molecular weight excluding hydrogens is 222 g/mol. The molecule has 0 heterocycles. The predicted octanol–water partition coefficient (Wildman–Crippen LogP) is 4.52. The molecule has 2 nitrogen and oxygen atoms in total. The van der Waals surface area contributed by atoms with Gasteiger partial charge in [0.05, 0.1) is 0 Å². The molecule has 0 saturated carbocycles. The number of rotatable bonds is 12. The molecule has 0 unspecified atom stereocenters. The molecule has 0 aliphatic rings. The molecule has 0 aliphatic carbocycles. The van der Waals surface area contributed by atoms with Crippen molar-refractivity contribution in [2.24, 2.45) is 0 Å². The summed E-state index contributed by atoms with van der Waals surface area (Å²) < 4.78 is 0. The van der Waals surface area contributed by atoms with E-state index in [0.29, 0.717) is 6.61 Å². The Morgan fingerprint density at radius 2 is 1.06 bits per heavy atom. The van der Waals surface area contributed by atoms with Crippen molar-refractivity contribution in [2.75, 3.05) is 19.7 Å². The lowest BCUT2D eigenvalue weighted by Crippen LogP contribution is -2.16. The summed E-state index contributed by atoms with van der Waals surface area (Å²) in [5.74, 6) is 0. The number of aliphatic hydroxyl groups excluding tert-OH is 1. The van der Waals surface area contributed by atoms with E-state index < -0.39 is 0 Å². The highest BCUT2D eigenvalue weighted by molar-refractivity contribution is 4.49. The van der Waals surface area contributed by atoms with E-state index in [2.05, 4.69) is 26.1 Å². The molecule has 0 aromatic heterocycles. The molecule has 0 amide bonds. The summed E-state index contributed by atoms with van der Waals surface area (Å²) >= 11 is 0. The summed E-state index contributed by atoms with van der Waals surface area (Å²) in [7, 11) is 0. The van der Waals surface area contributed by atoms with Gasteiger partial charge in [-0.25, -0.2) is 0 Å². The van der Waals surface area contributed by atoms with E-state index in [-0.39, 0.29) is 0 Å². The van der Waals surface area contributed by atoms with Crippen LogP contribution in [0.5, 0.6) is 0 Å². The minimum Gasteiger partial charge on any atom is -0.396 e. The Labute approximate surface area is 116 Å². The Bertz CT molecular complexity index is 106. The van der Waals surface area contributed by atoms with Gasteiger partial charge in [-0.05, 0) is 32.4 Å². The fraction of sp³-hybridized carbons (Fsp3) is 1.00. The van der Waals surface area contributed by atoms with Crippen LogP contribution in [0.4, 0.5) is 0 Å². The van der Waals surface area contributed by atoms with Crippen molar-refractivity contribution < 1.29 is 5.11 Å². The first-order valence-electron chi connectivity index (χ1n) is 8.14. The lowest BCUT2D eigenvalue weighted by atomic mass is 10.2. The third-order valence-corrected chi connectivity index (χ3v) is 2.93. The molecule has 2 N–H and O–H groups in total. The van der Waals surface area contributed by atoms with Crippen LogP contribution >= 0.6 is 0 Å². The molecule has 18 heavy (non-hydrogen) atoms. The van der Waals surface area contributed by atoms with Crippen LogP contribution in [0.3, 0.4) is 0 Å². The Morgan fingerprint density at radius 1 is 0.611 bits per heavy atom. The third kappa shape index (κ3) is 24.9. The molecule has 0 aromatic rings. The average molecular weight is 259 g/mol. The lowest BCUT2D eigenvalue weighted by molar-refractivity contribution is 0.287. The zero-order valence-corrected chi connectivity index (χ0v) is 13.1. The Hall–Kier alpha value is -0.0800. The van der Waals surface area contributed by atoms with Crippen molar-refractivity contribution in [3.8, 4) is 0 Å². The largest absolute Gasteiger partial charge is 0.396 e. The van der Waals surface area contributed by atoms with Crippen molar-refractivity contribution in [1.82, 2.24) is 5.32 Å². The van der Waals surface area contributed by atoms with E-state index in [1.807, 2.05) is 0 Å². The van der Waals surface area contributed by atoms with Crippen molar-refractivity contribution in [3.05, 3.63) is 0 Å². The van der Waals surface area contributed by atoms with Gasteiger partial charge in [0.15, 0.2) is 0 Å². The maximum absolute atomic E-state index is 8.07. The SMILES string of the molecule is CCCCCCNCCCCCC.CCCCO. The normalized spacial score (nSPS) is 10.0. The van der Waals surface area contributed by atoms with Gasteiger partial charge in [0.1, 0.15) is 0 Å². The molecule has 0 rings (SSSR count). The van der Waals surface area contributed by atoms with E-state index in [4.69, 9.17) is 5.11 Å². The van der Waals surface area contributed by atoms with E-state index in [9.17, 15) is 0 Å². The summed E-state index contributed by atoms with van der Waals surface area (Å²) in [6, 6.07) is 0. The first kappa shape index (κ1) is 20.2. The van der Waals surface area contributed by atoms with Crippen LogP contribution in [0.25, 0.3) is 0 Å². The number of hydrogen-bond acceptors (Lipinski definition) is 2. The van der Waals surface area contributed by atoms with Crippen LogP contribution in [0.15, 0.2) is 0 Å². The first-order valence-corrected chi connectivity index (χ1v) is 8.14. The highest BCUT2D eigenvalue weighted by Gasteiger charge is 1.89. The van der Waals surface area contributed by atoms with Crippen molar-refractivity contribution >= 4 is 0 Å². The van der Waals surface area contributed by atoms with Crippen molar-refractivity contribution in [1.29, 1.82) is 0 Å². The average Bonchev–Trinajstić information content (AvgIpc) is 2.39. The highest BCUT2D eigenvalue weighted by atomic mass is 16.2. The molecule has 2 heteroatoms. The van der Waals surface area contributed by atoms with Gasteiger partial charge in [-0.15, -0.1) is 0 Å². The minimum atomic E-state index is 0.344. The summed E-state index contributed by atoms with van der Waals surface area (Å²) in [6.45, 7) is 9.38. The molecule has 0 saturated heterocycles. The topological polar surface area (TPSA) is 32.3 Å². The van der Waals surface area contributed by atoms with Crippen LogP contribution < -0.4 is 5.32 Å². The number of aliphatic hydroxyl groups is 1. The fourth-order valence-electron chi connectivity index (χ4n) is 1.64. The summed E-state index contributed by atoms with van der Waals surface area (Å²) in [5, 5.41) is 11.6. The molecular formula is C16H37NO. The van der Waals surface area contributed by atoms with Gasteiger partial charge in [0.25, 0.3) is 0 Å². The number of unbranched alkanes of at least 4 members (excludes halogenated alkanes) is 7. The van der Waals surface area contributed by atoms with Crippen molar-refractivity contribution in [3.63, 3.8) is 0 Å². The van der Waals surface area contributed by atoms with E-state index in [1.54, 1.807) is 0 Å². The van der Waals surface area contributed by atoms with Crippen LogP contribution in [0.1, 0.15) is 85.0 Å². The van der Waals surface area contributed by atoms with E-state index in [1.165, 1.54) is 64.5 Å². The second-order valence-corrected chi connectivity index (χ2v) is 4.95. The minimum absolute atomic E-state index is 0.344. The molecule has 0 bridgehead atoms. The molecule has 0 aliphatic heterocycles. The summed E-state index contributed by atoms with van der Waals surface area (Å²) in [6.07, 6.45) is 13.1. The molecule has 0 atom stereocenters. The molecule has 112 valence electrons.